The molecule has 0 radical (unpaired) electrons. The molecule has 0 atom stereocenters. The van der Waals surface area contributed by atoms with E-state index < -0.39 is 5.41 Å². The summed E-state index contributed by atoms with van der Waals surface area (Å²) in [6, 6.07) is 7.54. The Morgan fingerprint density at radius 1 is 1.29 bits per heavy atom. The predicted molar refractivity (Wildman–Crippen MR) is 101 cm³/mol. The molecule has 1 heterocycles. The number of hydrogen-bond acceptors (Lipinski definition) is 3. The summed E-state index contributed by atoms with van der Waals surface area (Å²) in [5, 5.41) is 0.687. The van der Waals surface area contributed by atoms with Gasteiger partial charge in [-0.15, -0.1) is 12.4 Å². The molecule has 0 aliphatic carbocycles. The normalized spacial score (nSPS) is 15.9. The van der Waals surface area contributed by atoms with E-state index in [0.29, 0.717) is 18.2 Å². The molecule has 136 valence electrons. The van der Waals surface area contributed by atoms with E-state index in [1.54, 1.807) is 0 Å². The van der Waals surface area contributed by atoms with Gasteiger partial charge >= 0.3 is 0 Å². The summed E-state index contributed by atoms with van der Waals surface area (Å²) < 4.78 is 5.80. The average molecular weight is 375 g/mol. The lowest BCUT2D eigenvalue weighted by atomic mass is 9.82. The molecule has 1 saturated heterocycles. The fraction of sp³-hybridized carbons (Fsp3) is 0.611. The fourth-order valence-electron chi connectivity index (χ4n) is 2.94. The van der Waals surface area contributed by atoms with Crippen molar-refractivity contribution in [2.75, 3.05) is 26.2 Å². The number of carbonyl (C=O) groups is 1. The molecule has 1 amide bonds. The van der Waals surface area contributed by atoms with E-state index in [9.17, 15) is 4.79 Å². The van der Waals surface area contributed by atoms with Crippen molar-refractivity contribution in [3.05, 3.63) is 34.9 Å². The number of piperidine rings is 1. The molecule has 1 aromatic carbocycles. The molecule has 6 heteroatoms. The number of amides is 1. The summed E-state index contributed by atoms with van der Waals surface area (Å²) >= 11 is 5.94. The molecular formula is C18H28Cl2N2O2. The van der Waals surface area contributed by atoms with Gasteiger partial charge in [-0.3, -0.25) is 4.79 Å². The van der Waals surface area contributed by atoms with Crippen LogP contribution < -0.4 is 5.73 Å². The van der Waals surface area contributed by atoms with Gasteiger partial charge in [0.1, 0.15) is 0 Å². The van der Waals surface area contributed by atoms with Crippen molar-refractivity contribution in [2.45, 2.75) is 44.6 Å². The summed E-state index contributed by atoms with van der Waals surface area (Å²) in [5.74, 6) is 0.167. The molecule has 0 bridgehead atoms. The van der Waals surface area contributed by atoms with Gasteiger partial charge < -0.3 is 15.4 Å². The van der Waals surface area contributed by atoms with Crippen LogP contribution in [0, 0.1) is 0 Å². The van der Waals surface area contributed by atoms with E-state index in [1.165, 1.54) is 0 Å². The molecule has 2 N–H and O–H groups in total. The number of benzene rings is 1. The minimum absolute atomic E-state index is 0. The van der Waals surface area contributed by atoms with Crippen molar-refractivity contribution < 1.29 is 9.53 Å². The lowest BCUT2D eigenvalue weighted by molar-refractivity contribution is -0.139. The number of nitrogens with two attached hydrogens (primary N) is 1. The van der Waals surface area contributed by atoms with Crippen LogP contribution in [-0.4, -0.2) is 43.2 Å². The minimum atomic E-state index is -0.544. The van der Waals surface area contributed by atoms with Crippen molar-refractivity contribution in [2.24, 2.45) is 5.73 Å². The zero-order valence-electron chi connectivity index (χ0n) is 14.5. The van der Waals surface area contributed by atoms with Crippen molar-refractivity contribution in [3.8, 4) is 0 Å². The lowest BCUT2D eigenvalue weighted by Gasteiger charge is -2.37. The van der Waals surface area contributed by atoms with E-state index in [1.807, 2.05) is 43.0 Å². The van der Waals surface area contributed by atoms with Gasteiger partial charge in [0, 0.05) is 24.7 Å². The molecule has 1 aromatic rings. The van der Waals surface area contributed by atoms with Crippen molar-refractivity contribution >= 4 is 29.9 Å². The van der Waals surface area contributed by atoms with Crippen LogP contribution in [0.1, 0.15) is 38.7 Å². The van der Waals surface area contributed by atoms with Crippen LogP contribution in [-0.2, 0) is 14.9 Å². The summed E-state index contributed by atoms with van der Waals surface area (Å²) in [6.45, 7) is 6.83. The zero-order valence-corrected chi connectivity index (χ0v) is 16.0. The summed E-state index contributed by atoms with van der Waals surface area (Å²) in [6.07, 6.45) is 2.94. The van der Waals surface area contributed by atoms with Gasteiger partial charge in [-0.2, -0.15) is 0 Å². The number of hydrogen-bond donors (Lipinski definition) is 1. The maximum atomic E-state index is 12.9. The molecule has 1 fully saturated rings. The highest BCUT2D eigenvalue weighted by Gasteiger charge is 2.35. The lowest BCUT2D eigenvalue weighted by Crippen LogP contribution is -2.48. The van der Waals surface area contributed by atoms with E-state index >= 15 is 0 Å². The van der Waals surface area contributed by atoms with Gasteiger partial charge in [0.05, 0.1) is 11.5 Å². The van der Waals surface area contributed by atoms with Gasteiger partial charge in [-0.1, -0.05) is 23.7 Å². The van der Waals surface area contributed by atoms with Crippen molar-refractivity contribution in [1.29, 1.82) is 0 Å². The minimum Gasteiger partial charge on any atom is -0.378 e. The maximum Gasteiger partial charge on any atom is 0.232 e. The van der Waals surface area contributed by atoms with Crippen LogP contribution in [0.3, 0.4) is 0 Å². The largest absolute Gasteiger partial charge is 0.378 e. The first-order valence-electron chi connectivity index (χ1n) is 8.32. The number of halogens is 2. The van der Waals surface area contributed by atoms with Gasteiger partial charge in [-0.25, -0.2) is 0 Å². The zero-order chi connectivity index (χ0) is 16.9. The Morgan fingerprint density at radius 3 is 2.42 bits per heavy atom. The van der Waals surface area contributed by atoms with Crippen LogP contribution in [0.15, 0.2) is 24.3 Å². The second kappa shape index (κ2) is 9.62. The third kappa shape index (κ3) is 5.35. The van der Waals surface area contributed by atoms with Gasteiger partial charge in [0.2, 0.25) is 5.91 Å². The Labute approximate surface area is 156 Å². The molecule has 4 nitrogen and oxygen atoms in total. The quantitative estimate of drug-likeness (QED) is 0.776. The van der Waals surface area contributed by atoms with Crippen LogP contribution in [0.4, 0.5) is 0 Å². The molecule has 0 saturated carbocycles. The summed E-state index contributed by atoms with van der Waals surface area (Å²) in [4.78, 5) is 14.9. The van der Waals surface area contributed by atoms with E-state index in [0.717, 1.165) is 37.9 Å². The van der Waals surface area contributed by atoms with E-state index in [2.05, 4.69) is 0 Å². The van der Waals surface area contributed by atoms with Gasteiger partial charge in [-0.05, 0) is 57.4 Å². The first-order valence-corrected chi connectivity index (χ1v) is 8.70. The Bertz CT molecular complexity index is 512. The van der Waals surface area contributed by atoms with Crippen LogP contribution in [0.25, 0.3) is 0 Å². The molecule has 24 heavy (non-hydrogen) atoms. The standard InChI is InChI=1S/C18H27ClN2O2.ClH/c1-18(2,14-4-6-15(19)7-5-14)17(22)21-11-8-16(9-12-21)23-13-3-10-20;/h4-7,16H,3,8-13,20H2,1-2H3;1H. The number of carbonyl (C=O) groups excluding carboxylic acids is 1. The van der Waals surface area contributed by atoms with Crippen LogP contribution >= 0.6 is 24.0 Å². The molecule has 2 rings (SSSR count). The highest BCUT2D eigenvalue weighted by atomic mass is 35.5. The van der Waals surface area contributed by atoms with E-state index in [-0.39, 0.29) is 24.4 Å². The van der Waals surface area contributed by atoms with E-state index in [4.69, 9.17) is 22.1 Å². The Morgan fingerprint density at radius 2 is 1.88 bits per heavy atom. The van der Waals surface area contributed by atoms with Crippen LogP contribution in [0.2, 0.25) is 5.02 Å². The Balaban J connectivity index is 0.00000288. The summed E-state index contributed by atoms with van der Waals surface area (Å²) in [7, 11) is 0. The molecule has 1 aliphatic heterocycles. The third-order valence-corrected chi connectivity index (χ3v) is 4.78. The Hall–Kier alpha value is -0.810. The second-order valence-electron chi connectivity index (χ2n) is 6.64. The molecule has 0 unspecified atom stereocenters. The molecule has 0 aromatic heterocycles. The fourth-order valence-corrected chi connectivity index (χ4v) is 3.07. The SMILES string of the molecule is CC(C)(C(=O)N1CCC(OCCCN)CC1)c1ccc(Cl)cc1.Cl. The number of ether oxygens (including phenoxy) is 1. The number of nitrogens with zero attached hydrogens (tertiary/aromatic N) is 1. The number of rotatable bonds is 6. The second-order valence-corrected chi connectivity index (χ2v) is 7.07. The van der Waals surface area contributed by atoms with Crippen LogP contribution in [0.5, 0.6) is 0 Å². The monoisotopic (exact) mass is 374 g/mol. The highest BCUT2D eigenvalue weighted by Crippen LogP contribution is 2.28. The molecule has 0 spiro atoms. The number of likely N-dealkylation sites (tertiary alicyclic amines) is 1. The van der Waals surface area contributed by atoms with Gasteiger partial charge in [0.25, 0.3) is 0 Å². The predicted octanol–water partition coefficient (Wildman–Crippen LogP) is 3.40. The Kier molecular flexibility index (Phi) is 8.51. The van der Waals surface area contributed by atoms with Gasteiger partial charge in [0.15, 0.2) is 0 Å². The average Bonchev–Trinajstić information content (AvgIpc) is 2.55. The maximum absolute atomic E-state index is 12.9. The van der Waals surface area contributed by atoms with Crippen molar-refractivity contribution in [3.63, 3.8) is 0 Å². The summed E-state index contributed by atoms with van der Waals surface area (Å²) in [5.41, 5.74) is 5.93. The third-order valence-electron chi connectivity index (χ3n) is 4.53. The topological polar surface area (TPSA) is 55.6 Å². The highest BCUT2D eigenvalue weighted by molar-refractivity contribution is 6.30. The molecular weight excluding hydrogens is 347 g/mol. The van der Waals surface area contributed by atoms with Crippen molar-refractivity contribution in [1.82, 2.24) is 4.90 Å². The first-order chi connectivity index (χ1) is 10.9. The first kappa shape index (κ1) is 21.2. The molecule has 1 aliphatic rings. The smallest absolute Gasteiger partial charge is 0.232 e.